The maximum absolute atomic E-state index is 10.9. The standard InChI is InChI=1S/C8H17NO4.ClH/c1-8(2,3)13-9-6(5-10)7(11)12-4;/h6,9-10H,5H2,1-4H3;1H/t6-;/m1./s1. The van der Waals surface area contributed by atoms with Crippen LogP contribution in [0.25, 0.3) is 0 Å². The van der Waals surface area contributed by atoms with Crippen molar-refractivity contribution in [1.82, 2.24) is 5.48 Å². The second kappa shape index (κ2) is 7.00. The van der Waals surface area contributed by atoms with Gasteiger partial charge >= 0.3 is 5.97 Å². The number of aliphatic hydroxyl groups is 1. The molecule has 0 aliphatic carbocycles. The van der Waals surface area contributed by atoms with Gasteiger partial charge in [0, 0.05) is 0 Å². The van der Waals surface area contributed by atoms with Crippen molar-refractivity contribution in [1.29, 1.82) is 0 Å². The fourth-order valence-corrected chi connectivity index (χ4v) is 0.550. The summed E-state index contributed by atoms with van der Waals surface area (Å²) in [6, 6.07) is -0.829. The van der Waals surface area contributed by atoms with Gasteiger partial charge in [-0.2, -0.15) is 5.48 Å². The molecule has 0 heterocycles. The summed E-state index contributed by atoms with van der Waals surface area (Å²) in [6.45, 7) is 5.12. The number of methoxy groups -OCH3 is 1. The fourth-order valence-electron chi connectivity index (χ4n) is 0.550. The smallest absolute Gasteiger partial charge is 0.327 e. The molecule has 0 rings (SSSR count). The number of ether oxygens (including phenoxy) is 1. The van der Waals surface area contributed by atoms with Crippen molar-refractivity contribution in [2.24, 2.45) is 0 Å². The van der Waals surface area contributed by atoms with Gasteiger partial charge in [0.25, 0.3) is 0 Å². The Morgan fingerprint density at radius 3 is 2.29 bits per heavy atom. The minimum Gasteiger partial charge on any atom is -0.468 e. The van der Waals surface area contributed by atoms with E-state index >= 15 is 0 Å². The average molecular weight is 228 g/mol. The monoisotopic (exact) mass is 227 g/mol. The molecule has 0 aromatic rings. The van der Waals surface area contributed by atoms with Crippen LogP contribution in [0, 0.1) is 0 Å². The topological polar surface area (TPSA) is 67.8 Å². The van der Waals surface area contributed by atoms with Crippen molar-refractivity contribution in [3.63, 3.8) is 0 Å². The molecule has 0 bridgehead atoms. The highest BCUT2D eigenvalue weighted by Crippen LogP contribution is 2.04. The maximum atomic E-state index is 10.9. The summed E-state index contributed by atoms with van der Waals surface area (Å²) in [7, 11) is 1.25. The number of carbonyl (C=O) groups is 1. The number of hydrogen-bond acceptors (Lipinski definition) is 5. The van der Waals surface area contributed by atoms with Crippen molar-refractivity contribution in [3.05, 3.63) is 0 Å². The second-order valence-electron chi connectivity index (χ2n) is 3.59. The zero-order valence-electron chi connectivity index (χ0n) is 8.86. The predicted octanol–water partition coefficient (Wildman–Crippen LogP) is 0.262. The van der Waals surface area contributed by atoms with Crippen molar-refractivity contribution in [3.8, 4) is 0 Å². The zero-order valence-corrected chi connectivity index (χ0v) is 9.68. The lowest BCUT2D eigenvalue weighted by atomic mass is 10.2. The van der Waals surface area contributed by atoms with Crippen LogP contribution in [0.1, 0.15) is 20.8 Å². The summed E-state index contributed by atoms with van der Waals surface area (Å²) in [5.74, 6) is -0.549. The van der Waals surface area contributed by atoms with Crippen molar-refractivity contribution in [2.75, 3.05) is 13.7 Å². The molecule has 0 spiro atoms. The van der Waals surface area contributed by atoms with Crippen molar-refractivity contribution in [2.45, 2.75) is 32.4 Å². The largest absolute Gasteiger partial charge is 0.468 e. The Bertz CT molecular complexity index is 169. The molecule has 0 fully saturated rings. The third kappa shape index (κ3) is 7.08. The first-order valence-electron chi connectivity index (χ1n) is 4.03. The number of aliphatic hydroxyl groups excluding tert-OH is 1. The van der Waals surface area contributed by atoms with Crippen LogP contribution in [-0.2, 0) is 14.4 Å². The summed E-state index contributed by atoms with van der Waals surface area (Å²) in [6.07, 6.45) is 0. The SMILES string of the molecule is COC(=O)[C@@H](CO)NOC(C)(C)C.Cl. The highest BCUT2D eigenvalue weighted by Gasteiger charge is 2.21. The van der Waals surface area contributed by atoms with Crippen LogP contribution in [0.3, 0.4) is 0 Å². The molecule has 14 heavy (non-hydrogen) atoms. The van der Waals surface area contributed by atoms with E-state index in [9.17, 15) is 4.79 Å². The van der Waals surface area contributed by atoms with E-state index in [-0.39, 0.29) is 19.0 Å². The number of rotatable bonds is 4. The predicted molar refractivity (Wildman–Crippen MR) is 54.1 cm³/mol. The molecular formula is C8H18ClNO4. The maximum Gasteiger partial charge on any atom is 0.327 e. The lowest BCUT2D eigenvalue weighted by Gasteiger charge is -2.22. The molecule has 0 aliphatic rings. The molecule has 0 unspecified atom stereocenters. The second-order valence-corrected chi connectivity index (χ2v) is 3.59. The van der Waals surface area contributed by atoms with Crippen LogP contribution in [0.4, 0.5) is 0 Å². The van der Waals surface area contributed by atoms with Gasteiger partial charge in [-0.25, -0.2) is 0 Å². The lowest BCUT2D eigenvalue weighted by Crippen LogP contribution is -2.44. The summed E-state index contributed by atoms with van der Waals surface area (Å²) >= 11 is 0. The fraction of sp³-hybridized carbons (Fsp3) is 0.875. The first-order chi connectivity index (χ1) is 5.90. The van der Waals surface area contributed by atoms with Crippen LogP contribution in [0.15, 0.2) is 0 Å². The molecule has 6 heteroatoms. The molecule has 86 valence electrons. The Morgan fingerprint density at radius 1 is 1.50 bits per heavy atom. The average Bonchev–Trinajstić information content (AvgIpc) is 2.03. The normalized spacial score (nSPS) is 12.9. The van der Waals surface area contributed by atoms with Gasteiger partial charge in [-0.1, -0.05) is 0 Å². The Hall–Kier alpha value is -0.360. The third-order valence-electron chi connectivity index (χ3n) is 1.18. The molecule has 0 saturated heterocycles. The summed E-state index contributed by atoms with van der Waals surface area (Å²) in [5, 5.41) is 8.78. The van der Waals surface area contributed by atoms with Gasteiger partial charge < -0.3 is 9.84 Å². The molecule has 0 aliphatic heterocycles. The van der Waals surface area contributed by atoms with E-state index in [0.29, 0.717) is 0 Å². The molecule has 0 amide bonds. The van der Waals surface area contributed by atoms with Gasteiger partial charge in [-0.05, 0) is 20.8 Å². The molecule has 0 saturated carbocycles. The van der Waals surface area contributed by atoms with Crippen molar-refractivity contribution >= 4 is 18.4 Å². The Labute approximate surface area is 90.1 Å². The van der Waals surface area contributed by atoms with E-state index in [2.05, 4.69) is 10.2 Å². The zero-order chi connectivity index (χ0) is 10.5. The number of esters is 1. The molecule has 1 atom stereocenters. The lowest BCUT2D eigenvalue weighted by molar-refractivity contribution is -0.155. The Morgan fingerprint density at radius 2 is 2.00 bits per heavy atom. The van der Waals surface area contributed by atoms with Gasteiger partial charge in [-0.15, -0.1) is 12.4 Å². The highest BCUT2D eigenvalue weighted by molar-refractivity contribution is 5.85. The quantitative estimate of drug-likeness (QED) is 0.533. The van der Waals surface area contributed by atoms with Crippen LogP contribution < -0.4 is 5.48 Å². The number of nitrogens with one attached hydrogen (secondary N) is 1. The van der Waals surface area contributed by atoms with Crippen LogP contribution in [0.5, 0.6) is 0 Å². The Kier molecular flexibility index (Phi) is 8.04. The van der Waals surface area contributed by atoms with Gasteiger partial charge in [0.1, 0.15) is 0 Å². The molecule has 0 aromatic heterocycles. The summed E-state index contributed by atoms with van der Waals surface area (Å²) < 4.78 is 4.43. The number of halogens is 1. The van der Waals surface area contributed by atoms with Gasteiger partial charge in [-0.3, -0.25) is 9.63 Å². The molecular weight excluding hydrogens is 210 g/mol. The van der Waals surface area contributed by atoms with E-state index in [4.69, 9.17) is 9.94 Å². The van der Waals surface area contributed by atoms with E-state index in [1.54, 1.807) is 0 Å². The number of carbonyl (C=O) groups excluding carboxylic acids is 1. The molecule has 0 radical (unpaired) electrons. The van der Waals surface area contributed by atoms with Crippen LogP contribution in [0.2, 0.25) is 0 Å². The van der Waals surface area contributed by atoms with Crippen molar-refractivity contribution < 1.29 is 19.5 Å². The number of hydrogen-bond donors (Lipinski definition) is 2. The van der Waals surface area contributed by atoms with E-state index < -0.39 is 17.6 Å². The Balaban J connectivity index is 0. The van der Waals surface area contributed by atoms with Crippen LogP contribution in [-0.4, -0.2) is 36.4 Å². The minimum absolute atomic E-state index is 0. The third-order valence-corrected chi connectivity index (χ3v) is 1.18. The first-order valence-corrected chi connectivity index (χ1v) is 4.03. The molecule has 0 aromatic carbocycles. The highest BCUT2D eigenvalue weighted by atomic mass is 35.5. The van der Waals surface area contributed by atoms with Crippen LogP contribution >= 0.6 is 12.4 Å². The van der Waals surface area contributed by atoms with E-state index in [0.717, 1.165) is 0 Å². The first kappa shape index (κ1) is 16.1. The van der Waals surface area contributed by atoms with Gasteiger partial charge in [0.05, 0.1) is 19.3 Å². The van der Waals surface area contributed by atoms with Gasteiger partial charge in [0.15, 0.2) is 6.04 Å². The van der Waals surface area contributed by atoms with E-state index in [1.807, 2.05) is 20.8 Å². The number of hydroxylamine groups is 1. The summed E-state index contributed by atoms with van der Waals surface area (Å²) in [4.78, 5) is 16.0. The minimum atomic E-state index is -0.829. The van der Waals surface area contributed by atoms with Gasteiger partial charge in [0.2, 0.25) is 0 Å². The molecule has 2 N–H and O–H groups in total. The summed E-state index contributed by atoms with van der Waals surface area (Å²) in [5.41, 5.74) is 2.02. The van der Waals surface area contributed by atoms with E-state index in [1.165, 1.54) is 7.11 Å². The molecule has 5 nitrogen and oxygen atoms in total.